The Bertz CT molecular complexity index is 870. The molecule has 0 saturated carbocycles. The first-order chi connectivity index (χ1) is 9.13. The Morgan fingerprint density at radius 1 is 0.947 bits per heavy atom. The lowest BCUT2D eigenvalue weighted by atomic mass is 10.3. The molecule has 1 N–H and O–H groups in total. The monoisotopic (exact) mass is 370 g/mol. The van der Waals surface area contributed by atoms with Gasteiger partial charge in [-0.3, -0.25) is 0 Å². The molecule has 0 bridgehead atoms. The number of para-hydroxylation sites is 2. The van der Waals surface area contributed by atoms with Crippen LogP contribution in [0.25, 0.3) is 22.3 Å². The first-order valence-corrected chi connectivity index (χ1v) is 6.40. The van der Waals surface area contributed by atoms with Gasteiger partial charge in [0.2, 0.25) is 5.58 Å². The van der Waals surface area contributed by atoms with Crippen molar-refractivity contribution in [3.05, 3.63) is 50.6 Å². The third kappa shape index (κ3) is 2.30. The van der Waals surface area contributed by atoms with Gasteiger partial charge in [0.15, 0.2) is 22.5 Å². The number of benzene rings is 2. The van der Waals surface area contributed by atoms with Gasteiger partial charge in [0.05, 0.1) is 0 Å². The molecule has 6 heteroatoms. The number of halogens is 1. The molecular weight excluding hydrogens is 363 g/mol. The summed E-state index contributed by atoms with van der Waals surface area (Å²) in [6.07, 6.45) is 0. The Balaban J connectivity index is 2.61. The molecule has 5 nitrogen and oxygen atoms in total. The highest BCUT2D eigenvalue weighted by Gasteiger charge is 2.07. The van der Waals surface area contributed by atoms with Gasteiger partial charge >= 0.3 is 5.82 Å². The van der Waals surface area contributed by atoms with Gasteiger partial charge in [-0.15, -0.1) is 0 Å². The van der Waals surface area contributed by atoms with Crippen LogP contribution < -0.4 is 5.82 Å². The van der Waals surface area contributed by atoms with E-state index in [1.54, 1.807) is 30.3 Å². The summed E-state index contributed by atoms with van der Waals surface area (Å²) < 4.78 is 16.3. The molecule has 0 fully saturated rings. The normalized spacial score (nSPS) is 10.8. The highest BCUT2D eigenvalue weighted by Crippen LogP contribution is 2.27. The van der Waals surface area contributed by atoms with Crippen LogP contribution in [0.2, 0.25) is 0 Å². The maximum absolute atomic E-state index is 11.6. The van der Waals surface area contributed by atoms with Crippen LogP contribution in [0.1, 0.15) is 0 Å². The number of aromatic hydroxyl groups is 1. The summed E-state index contributed by atoms with van der Waals surface area (Å²) in [5.74, 6) is -1.10. The van der Waals surface area contributed by atoms with Crippen LogP contribution in [-0.4, -0.2) is 5.11 Å². The van der Waals surface area contributed by atoms with Crippen molar-refractivity contribution in [3.8, 4) is 5.75 Å². The summed E-state index contributed by atoms with van der Waals surface area (Å²) in [6.45, 7) is 0. The third-order valence-corrected chi connectivity index (χ3v) is 3.07. The molecule has 0 saturated heterocycles. The molecule has 19 heavy (non-hydrogen) atoms. The number of hydrogen-bond acceptors (Lipinski definition) is 5. The zero-order valence-corrected chi connectivity index (χ0v) is 11.6. The summed E-state index contributed by atoms with van der Waals surface area (Å²) in [5, 5.41) is 9.80. The quantitative estimate of drug-likeness (QED) is 0.613. The van der Waals surface area contributed by atoms with Gasteiger partial charge in [-0.1, -0.05) is 12.1 Å². The lowest BCUT2D eigenvalue weighted by molar-refractivity contribution is 0.358. The van der Waals surface area contributed by atoms with Gasteiger partial charge in [-0.25, -0.2) is 4.79 Å². The van der Waals surface area contributed by atoms with Crippen molar-refractivity contribution < 1.29 is 18.4 Å². The molecule has 0 aliphatic heterocycles. The van der Waals surface area contributed by atoms with E-state index < -0.39 is 5.82 Å². The van der Waals surface area contributed by atoms with Crippen molar-refractivity contribution in [3.63, 3.8) is 0 Å². The first-order valence-electron chi connectivity index (χ1n) is 5.32. The zero-order valence-electron chi connectivity index (χ0n) is 9.42. The van der Waals surface area contributed by atoms with E-state index in [9.17, 15) is 9.90 Å². The molecule has 96 valence electrons. The van der Waals surface area contributed by atoms with E-state index in [1.807, 2.05) is 22.6 Å². The average Bonchev–Trinajstić information content (AvgIpc) is 2.34. The molecule has 0 aliphatic rings. The Morgan fingerprint density at radius 2 is 1.63 bits per heavy atom. The summed E-state index contributed by atoms with van der Waals surface area (Å²) in [6, 6.07) is 9.84. The summed E-state index contributed by atoms with van der Waals surface area (Å²) in [5.41, 5.74) is 0.840. The molecule has 3 rings (SSSR count). The third-order valence-electron chi connectivity index (χ3n) is 2.45. The minimum absolute atomic E-state index is 0.0556. The lowest BCUT2D eigenvalue weighted by Gasteiger charge is -1.99. The van der Waals surface area contributed by atoms with Crippen LogP contribution >= 0.6 is 22.6 Å². The van der Waals surface area contributed by atoms with Crippen LogP contribution in [0.15, 0.2) is 54.4 Å². The number of hydrogen-bond donors (Lipinski definition) is 1. The number of fused-ring (bicyclic) bond motifs is 2. The Labute approximate surface area is 119 Å². The van der Waals surface area contributed by atoms with Crippen LogP contribution in [0.3, 0.4) is 0 Å². The van der Waals surface area contributed by atoms with Crippen molar-refractivity contribution in [1.82, 2.24) is 0 Å². The average molecular weight is 370 g/mol. The van der Waals surface area contributed by atoms with Gasteiger partial charge in [-0.05, 0) is 46.9 Å². The molecular formula is C13H7IO5. The second kappa shape index (κ2) is 4.61. The second-order valence-electron chi connectivity index (χ2n) is 3.76. The molecule has 0 unspecified atom stereocenters. The standard InChI is InChI=1S/C13H7IO5/c14-7-5-8(15)12-11(6-7)17-9-3-1-2-4-10(9)18-13(16)19-12/h1-6,15H. The van der Waals surface area contributed by atoms with Crippen molar-refractivity contribution >= 4 is 44.9 Å². The highest BCUT2D eigenvalue weighted by molar-refractivity contribution is 14.1. The van der Waals surface area contributed by atoms with Crippen LogP contribution in [0, 0.1) is 3.57 Å². The van der Waals surface area contributed by atoms with Gasteiger partial charge in [0.25, 0.3) is 0 Å². The first kappa shape index (κ1) is 12.1. The predicted molar refractivity (Wildman–Crippen MR) is 76.5 cm³/mol. The number of phenolic OH excluding ortho intramolecular Hbond substituents is 1. The molecule has 1 heterocycles. The molecule has 0 aliphatic carbocycles. The van der Waals surface area contributed by atoms with E-state index in [0.717, 1.165) is 3.57 Å². The fourth-order valence-corrected chi connectivity index (χ4v) is 2.24. The predicted octanol–water partition coefficient (Wildman–Crippen LogP) is 3.57. The lowest BCUT2D eigenvalue weighted by Crippen LogP contribution is -1.93. The Kier molecular flexibility index (Phi) is 2.94. The van der Waals surface area contributed by atoms with Crippen LogP contribution in [0.4, 0.5) is 0 Å². The smallest absolute Gasteiger partial charge is 0.504 e. The molecule has 3 aromatic rings. The molecule has 0 spiro atoms. The van der Waals surface area contributed by atoms with E-state index in [0.29, 0.717) is 5.58 Å². The van der Waals surface area contributed by atoms with E-state index in [2.05, 4.69) is 0 Å². The van der Waals surface area contributed by atoms with Crippen LogP contribution in [0.5, 0.6) is 5.75 Å². The van der Waals surface area contributed by atoms with Gasteiger partial charge in [0, 0.05) is 3.57 Å². The molecule has 0 atom stereocenters. The van der Waals surface area contributed by atoms with Crippen molar-refractivity contribution in [1.29, 1.82) is 0 Å². The minimum Gasteiger partial charge on any atom is -0.504 e. The van der Waals surface area contributed by atoms with Crippen molar-refractivity contribution in [2.24, 2.45) is 0 Å². The fraction of sp³-hybridized carbons (Fsp3) is 0. The molecule has 2 aromatic carbocycles. The van der Waals surface area contributed by atoms with Gasteiger partial charge < -0.3 is 18.4 Å². The van der Waals surface area contributed by atoms with Crippen molar-refractivity contribution in [2.75, 3.05) is 0 Å². The summed E-state index contributed by atoms with van der Waals surface area (Å²) >= 11 is 2.03. The number of rotatable bonds is 0. The molecule has 0 amide bonds. The second-order valence-corrected chi connectivity index (χ2v) is 5.00. The zero-order chi connectivity index (χ0) is 13.4. The molecule has 1 aromatic heterocycles. The van der Waals surface area contributed by atoms with E-state index in [4.69, 9.17) is 13.3 Å². The van der Waals surface area contributed by atoms with E-state index >= 15 is 0 Å². The van der Waals surface area contributed by atoms with Gasteiger partial charge in [0.1, 0.15) is 0 Å². The largest absolute Gasteiger partial charge is 0.519 e. The summed E-state index contributed by atoms with van der Waals surface area (Å²) in [4.78, 5) is 11.6. The highest BCUT2D eigenvalue weighted by atomic mass is 127. The Hall–Kier alpha value is -1.96. The van der Waals surface area contributed by atoms with Gasteiger partial charge in [-0.2, -0.15) is 0 Å². The summed E-state index contributed by atoms with van der Waals surface area (Å²) in [7, 11) is 0. The maximum atomic E-state index is 11.6. The topological polar surface area (TPSA) is 76.7 Å². The maximum Gasteiger partial charge on any atom is 0.519 e. The molecule has 0 radical (unpaired) electrons. The van der Waals surface area contributed by atoms with E-state index in [1.165, 1.54) is 6.07 Å². The SMILES string of the molecule is O=c1oc2ccccc2oc2cc(I)cc(O)c2o1. The fourth-order valence-electron chi connectivity index (χ4n) is 1.66. The number of phenols is 1. The van der Waals surface area contributed by atoms with Crippen molar-refractivity contribution in [2.45, 2.75) is 0 Å². The van der Waals surface area contributed by atoms with Crippen LogP contribution in [-0.2, 0) is 0 Å². The Morgan fingerprint density at radius 3 is 2.37 bits per heavy atom. The van der Waals surface area contributed by atoms with E-state index in [-0.39, 0.29) is 22.5 Å². The minimum atomic E-state index is -0.923.